The number of pyridine rings is 1. The van der Waals surface area contributed by atoms with Gasteiger partial charge in [-0.3, -0.25) is 9.89 Å². The molecule has 23 heavy (non-hydrogen) atoms. The van der Waals surface area contributed by atoms with Gasteiger partial charge in [0.15, 0.2) is 5.65 Å². The van der Waals surface area contributed by atoms with Gasteiger partial charge in [-0.25, -0.2) is 4.98 Å². The largest absolute Gasteiger partial charge is 0.399 e. The van der Waals surface area contributed by atoms with Crippen LogP contribution in [0.2, 0.25) is 0 Å². The van der Waals surface area contributed by atoms with Crippen LogP contribution in [0.25, 0.3) is 11.0 Å². The van der Waals surface area contributed by atoms with Gasteiger partial charge in [-0.05, 0) is 30.3 Å². The van der Waals surface area contributed by atoms with Crippen LogP contribution in [-0.4, -0.2) is 21.1 Å². The number of amides is 1. The first-order valence-electron chi connectivity index (χ1n) is 7.36. The number of carbonyl (C=O) groups is 1. The van der Waals surface area contributed by atoms with E-state index in [1.165, 1.54) is 0 Å². The predicted molar refractivity (Wildman–Crippen MR) is 91.4 cm³/mol. The molecule has 2 aromatic heterocycles. The molecule has 4 N–H and O–H groups in total. The molecule has 0 bridgehead atoms. The number of hydrogen-bond acceptors (Lipinski definition) is 4. The quantitative estimate of drug-likeness (QED) is 0.634. The SMILES string of the molecule is CC(C)(C)c1[nH]nc2ncc(NC(=O)c3ccc(N)cc3)cc12. The number of anilines is 2. The third-order valence-electron chi connectivity index (χ3n) is 3.59. The highest BCUT2D eigenvalue weighted by Crippen LogP contribution is 2.28. The van der Waals surface area contributed by atoms with Crippen molar-refractivity contribution < 1.29 is 4.79 Å². The molecule has 0 fully saturated rings. The normalized spacial score (nSPS) is 11.6. The van der Waals surface area contributed by atoms with E-state index in [0.717, 1.165) is 11.1 Å². The van der Waals surface area contributed by atoms with Crippen LogP contribution in [0, 0.1) is 0 Å². The molecule has 1 amide bonds. The molecule has 3 rings (SSSR count). The summed E-state index contributed by atoms with van der Waals surface area (Å²) in [6.07, 6.45) is 1.60. The van der Waals surface area contributed by atoms with E-state index in [9.17, 15) is 4.79 Å². The van der Waals surface area contributed by atoms with Crippen molar-refractivity contribution >= 4 is 28.3 Å². The number of nitrogen functional groups attached to an aromatic ring is 1. The molecule has 0 saturated heterocycles. The Kier molecular flexibility index (Phi) is 3.52. The summed E-state index contributed by atoms with van der Waals surface area (Å²) in [5.74, 6) is -0.202. The number of aromatic amines is 1. The number of aromatic nitrogens is 3. The lowest BCUT2D eigenvalue weighted by molar-refractivity contribution is 0.102. The van der Waals surface area contributed by atoms with Gasteiger partial charge in [0, 0.05) is 22.1 Å². The van der Waals surface area contributed by atoms with Crippen molar-refractivity contribution in [3.05, 3.63) is 47.8 Å². The minimum absolute atomic E-state index is 0.0873. The molecule has 0 atom stereocenters. The Morgan fingerprint density at radius 3 is 2.57 bits per heavy atom. The molecular weight excluding hydrogens is 290 g/mol. The smallest absolute Gasteiger partial charge is 0.255 e. The Morgan fingerprint density at radius 2 is 1.91 bits per heavy atom. The average molecular weight is 309 g/mol. The molecule has 0 aliphatic rings. The number of nitrogens with two attached hydrogens (primary N) is 1. The first-order chi connectivity index (χ1) is 10.8. The van der Waals surface area contributed by atoms with E-state index < -0.39 is 0 Å². The third-order valence-corrected chi connectivity index (χ3v) is 3.59. The molecule has 6 nitrogen and oxygen atoms in total. The van der Waals surface area contributed by atoms with Gasteiger partial charge in [0.25, 0.3) is 5.91 Å². The van der Waals surface area contributed by atoms with Gasteiger partial charge in [0.2, 0.25) is 0 Å². The van der Waals surface area contributed by atoms with Gasteiger partial charge in [-0.1, -0.05) is 20.8 Å². The second-order valence-electron chi connectivity index (χ2n) is 6.52. The first-order valence-corrected chi connectivity index (χ1v) is 7.36. The Labute approximate surface area is 134 Å². The molecule has 0 aliphatic heterocycles. The second kappa shape index (κ2) is 5.39. The predicted octanol–water partition coefficient (Wildman–Crippen LogP) is 3.09. The summed E-state index contributed by atoms with van der Waals surface area (Å²) < 4.78 is 0. The molecule has 0 spiro atoms. The summed E-state index contributed by atoms with van der Waals surface area (Å²) in [6, 6.07) is 8.67. The van der Waals surface area contributed by atoms with Crippen LogP contribution in [0.4, 0.5) is 11.4 Å². The lowest BCUT2D eigenvalue weighted by Gasteiger charge is -2.16. The summed E-state index contributed by atoms with van der Waals surface area (Å²) >= 11 is 0. The summed E-state index contributed by atoms with van der Waals surface area (Å²) in [5, 5.41) is 11.0. The maximum Gasteiger partial charge on any atom is 0.255 e. The van der Waals surface area contributed by atoms with E-state index in [0.29, 0.717) is 22.6 Å². The summed E-state index contributed by atoms with van der Waals surface area (Å²) in [4.78, 5) is 16.6. The second-order valence-corrected chi connectivity index (χ2v) is 6.52. The summed E-state index contributed by atoms with van der Waals surface area (Å²) in [5.41, 5.74) is 8.97. The zero-order chi connectivity index (χ0) is 16.6. The zero-order valence-corrected chi connectivity index (χ0v) is 13.3. The van der Waals surface area contributed by atoms with Crippen LogP contribution in [0.3, 0.4) is 0 Å². The Balaban J connectivity index is 1.91. The van der Waals surface area contributed by atoms with Crippen LogP contribution in [0.15, 0.2) is 36.5 Å². The lowest BCUT2D eigenvalue weighted by Crippen LogP contribution is -2.13. The zero-order valence-electron chi connectivity index (χ0n) is 13.3. The van der Waals surface area contributed by atoms with Gasteiger partial charge in [0.1, 0.15) is 0 Å². The minimum Gasteiger partial charge on any atom is -0.399 e. The van der Waals surface area contributed by atoms with Crippen molar-refractivity contribution in [2.45, 2.75) is 26.2 Å². The number of rotatable bonds is 2. The van der Waals surface area contributed by atoms with Crippen LogP contribution < -0.4 is 11.1 Å². The molecule has 3 aromatic rings. The highest BCUT2D eigenvalue weighted by Gasteiger charge is 2.20. The average Bonchev–Trinajstić information content (AvgIpc) is 2.91. The third kappa shape index (κ3) is 3.01. The molecule has 0 unspecified atom stereocenters. The highest BCUT2D eigenvalue weighted by atomic mass is 16.1. The fraction of sp³-hybridized carbons (Fsp3) is 0.235. The number of benzene rings is 1. The van der Waals surface area contributed by atoms with Crippen molar-refractivity contribution in [2.24, 2.45) is 0 Å². The Hall–Kier alpha value is -2.89. The topological polar surface area (TPSA) is 96.7 Å². The van der Waals surface area contributed by atoms with Crippen molar-refractivity contribution in [3.8, 4) is 0 Å². The van der Waals surface area contributed by atoms with Crippen LogP contribution in [-0.2, 0) is 5.41 Å². The van der Waals surface area contributed by atoms with E-state index in [2.05, 4.69) is 41.3 Å². The van der Waals surface area contributed by atoms with E-state index in [1.807, 2.05) is 6.07 Å². The van der Waals surface area contributed by atoms with Gasteiger partial charge in [-0.15, -0.1) is 0 Å². The first kappa shape index (κ1) is 15.0. The monoisotopic (exact) mass is 309 g/mol. The number of carbonyl (C=O) groups excluding carboxylic acids is 1. The van der Waals surface area contributed by atoms with Crippen LogP contribution in [0.5, 0.6) is 0 Å². The molecule has 118 valence electrons. The number of fused-ring (bicyclic) bond motifs is 1. The minimum atomic E-state index is -0.202. The van der Waals surface area contributed by atoms with Crippen molar-refractivity contribution in [1.82, 2.24) is 15.2 Å². The van der Waals surface area contributed by atoms with E-state index in [1.54, 1.807) is 30.5 Å². The van der Waals surface area contributed by atoms with Gasteiger partial charge in [0.05, 0.1) is 17.6 Å². The number of nitrogens with one attached hydrogen (secondary N) is 2. The molecule has 0 radical (unpaired) electrons. The van der Waals surface area contributed by atoms with Crippen LogP contribution >= 0.6 is 0 Å². The van der Waals surface area contributed by atoms with Crippen LogP contribution in [0.1, 0.15) is 36.8 Å². The molecule has 6 heteroatoms. The lowest BCUT2D eigenvalue weighted by atomic mass is 9.90. The number of hydrogen-bond donors (Lipinski definition) is 3. The van der Waals surface area contributed by atoms with E-state index >= 15 is 0 Å². The van der Waals surface area contributed by atoms with Gasteiger partial charge in [-0.2, -0.15) is 5.10 Å². The Morgan fingerprint density at radius 1 is 1.22 bits per heavy atom. The number of H-pyrrole nitrogens is 1. The molecule has 0 saturated carbocycles. The van der Waals surface area contributed by atoms with Gasteiger partial charge >= 0.3 is 0 Å². The molecule has 1 aromatic carbocycles. The number of nitrogens with zero attached hydrogens (tertiary/aromatic N) is 2. The standard InChI is InChI=1S/C17H19N5O/c1-17(2,3)14-13-8-12(9-19-15(13)22-21-14)20-16(23)10-4-6-11(18)7-5-10/h4-9H,18H2,1-3H3,(H,20,23)(H,19,21,22). The Bertz CT molecular complexity index is 859. The maximum atomic E-state index is 12.3. The maximum absolute atomic E-state index is 12.3. The van der Waals surface area contributed by atoms with Crippen molar-refractivity contribution in [2.75, 3.05) is 11.1 Å². The van der Waals surface area contributed by atoms with Crippen molar-refractivity contribution in [3.63, 3.8) is 0 Å². The molecule has 0 aliphatic carbocycles. The highest BCUT2D eigenvalue weighted by molar-refractivity contribution is 6.05. The molecular formula is C17H19N5O. The summed E-state index contributed by atoms with van der Waals surface area (Å²) in [6.45, 7) is 6.29. The molecule has 2 heterocycles. The van der Waals surface area contributed by atoms with E-state index in [-0.39, 0.29) is 11.3 Å². The van der Waals surface area contributed by atoms with Gasteiger partial charge < -0.3 is 11.1 Å². The fourth-order valence-electron chi connectivity index (χ4n) is 2.38. The van der Waals surface area contributed by atoms with Crippen molar-refractivity contribution in [1.29, 1.82) is 0 Å². The fourth-order valence-corrected chi connectivity index (χ4v) is 2.38. The van der Waals surface area contributed by atoms with E-state index in [4.69, 9.17) is 5.73 Å². The summed E-state index contributed by atoms with van der Waals surface area (Å²) in [7, 11) is 0.